The molecule has 2 rings (SSSR count). The summed E-state index contributed by atoms with van der Waals surface area (Å²) in [6, 6.07) is 4.25. The quantitative estimate of drug-likeness (QED) is 0.201. The zero-order valence-electron chi connectivity index (χ0n) is 20.8. The maximum absolute atomic E-state index is 10.7. The number of pyridine rings is 1. The van der Waals surface area contributed by atoms with Gasteiger partial charge in [-0.1, -0.05) is 0 Å². The molecule has 1 aliphatic heterocycles. The summed E-state index contributed by atoms with van der Waals surface area (Å²) < 4.78 is 118. The van der Waals surface area contributed by atoms with Crippen LogP contribution in [-0.4, -0.2) is 124 Å². The number of hydrogen-bond acceptors (Lipinski definition) is 11. The summed E-state index contributed by atoms with van der Waals surface area (Å²) in [6.07, 6.45) is 1.92. The van der Waals surface area contributed by atoms with Crippen molar-refractivity contribution < 1.29 is 69.4 Å². The normalized spacial score (nSPS) is 16.8. The molecule has 2 heterocycles. The van der Waals surface area contributed by atoms with Crippen LogP contribution >= 0.6 is 0 Å². The minimum Gasteiger partial charge on any atom is -0.741 e. The SMILES string of the molecule is CN1CCN(C)CCN(Cc2cc(N(C)C)ccn2)CC1.O=S(=O)([O-])C(F)(F)F.O=S(=O)([O-])C(F)(F)F.[Fe+5]. The van der Waals surface area contributed by atoms with Gasteiger partial charge in [-0.2, -0.15) is 26.3 Å². The van der Waals surface area contributed by atoms with Gasteiger partial charge in [0.05, 0.1) is 5.69 Å². The number of aromatic nitrogens is 1. The summed E-state index contributed by atoms with van der Waals surface area (Å²) in [5, 5.41) is 0. The Morgan fingerprint density at radius 3 is 1.50 bits per heavy atom. The van der Waals surface area contributed by atoms with Gasteiger partial charge in [0.15, 0.2) is 20.2 Å². The molecule has 0 aliphatic carbocycles. The smallest absolute Gasteiger partial charge is 0.741 e. The van der Waals surface area contributed by atoms with Crippen LogP contribution in [0.5, 0.6) is 0 Å². The molecule has 0 aromatic carbocycles. The summed E-state index contributed by atoms with van der Waals surface area (Å²) in [6.45, 7) is 7.71. The van der Waals surface area contributed by atoms with Gasteiger partial charge >= 0.3 is 28.1 Å². The van der Waals surface area contributed by atoms with Crippen LogP contribution in [0.4, 0.5) is 32.0 Å². The van der Waals surface area contributed by atoms with Crippen LogP contribution < -0.4 is 4.90 Å². The van der Waals surface area contributed by atoms with Gasteiger partial charge in [-0.05, 0) is 26.2 Å². The average Bonchev–Trinajstić information content (AvgIpc) is 2.79. The molecular formula is C18H29F6FeN5O6S2+3. The van der Waals surface area contributed by atoms with Crippen LogP contribution in [0.25, 0.3) is 0 Å². The molecule has 1 aromatic rings. The number of anilines is 1. The van der Waals surface area contributed by atoms with E-state index in [0.717, 1.165) is 51.5 Å². The van der Waals surface area contributed by atoms with Gasteiger partial charge in [-0.3, -0.25) is 9.88 Å². The van der Waals surface area contributed by atoms with E-state index in [-0.39, 0.29) is 17.1 Å². The van der Waals surface area contributed by atoms with Crippen molar-refractivity contribution in [3.05, 3.63) is 24.0 Å². The number of halogens is 6. The van der Waals surface area contributed by atoms with E-state index in [4.69, 9.17) is 25.9 Å². The Labute approximate surface area is 228 Å². The van der Waals surface area contributed by atoms with Crippen LogP contribution in [0.2, 0.25) is 0 Å². The Morgan fingerprint density at radius 2 is 1.18 bits per heavy atom. The molecule has 1 aromatic heterocycles. The molecule has 0 amide bonds. The van der Waals surface area contributed by atoms with Crippen molar-refractivity contribution in [2.24, 2.45) is 0 Å². The number of nitrogens with zero attached hydrogens (tertiary/aromatic N) is 5. The van der Waals surface area contributed by atoms with Crippen LogP contribution in [0, 0.1) is 0 Å². The predicted octanol–water partition coefficient (Wildman–Crippen LogP) is 0.927. The van der Waals surface area contributed by atoms with Gasteiger partial charge in [0, 0.05) is 71.8 Å². The molecule has 0 atom stereocenters. The van der Waals surface area contributed by atoms with Gasteiger partial charge in [-0.15, -0.1) is 0 Å². The molecule has 221 valence electrons. The minimum absolute atomic E-state index is 0. The first-order valence-corrected chi connectivity index (χ1v) is 13.1. The van der Waals surface area contributed by atoms with E-state index in [9.17, 15) is 26.3 Å². The summed E-state index contributed by atoms with van der Waals surface area (Å²) in [5.74, 6) is 0. The molecule has 38 heavy (non-hydrogen) atoms. The molecule has 20 heteroatoms. The van der Waals surface area contributed by atoms with Crippen molar-refractivity contribution in [3.8, 4) is 0 Å². The molecule has 1 radical (unpaired) electrons. The Morgan fingerprint density at radius 1 is 0.842 bits per heavy atom. The molecule has 0 bridgehead atoms. The maximum Gasteiger partial charge on any atom is 5.00 e. The van der Waals surface area contributed by atoms with Crippen molar-refractivity contribution >= 4 is 25.9 Å². The standard InChI is InChI=1S/C16H29N5.2CHF3O3S.Fe/c1-18(2)16-5-6-17-15(13-16)14-21-11-9-19(3)7-8-20(4)10-12-21;2*2-1(3,4)8(5,6)7;/h5-6,13H,7-12,14H2,1-4H3;2*(H,5,6,7);/q;;;+5/p-2. The van der Waals surface area contributed by atoms with Crippen LogP contribution in [0.1, 0.15) is 5.69 Å². The molecule has 1 fully saturated rings. The third-order valence-electron chi connectivity index (χ3n) is 4.73. The minimum atomic E-state index is -6.09. The number of hydrogen-bond donors (Lipinski definition) is 0. The van der Waals surface area contributed by atoms with E-state index in [1.807, 2.05) is 6.20 Å². The second kappa shape index (κ2) is 16.1. The largest absolute Gasteiger partial charge is 5.00 e. The first-order chi connectivity index (χ1) is 16.5. The summed E-state index contributed by atoms with van der Waals surface area (Å²) in [5.41, 5.74) is -8.91. The van der Waals surface area contributed by atoms with Crippen molar-refractivity contribution in [1.82, 2.24) is 19.7 Å². The van der Waals surface area contributed by atoms with E-state index < -0.39 is 31.3 Å². The van der Waals surface area contributed by atoms with Crippen LogP contribution in [-0.2, 0) is 43.8 Å². The zero-order valence-corrected chi connectivity index (χ0v) is 23.5. The fourth-order valence-corrected chi connectivity index (χ4v) is 2.52. The maximum atomic E-state index is 10.7. The van der Waals surface area contributed by atoms with Gasteiger partial charge in [0.2, 0.25) is 0 Å². The first-order valence-electron chi connectivity index (χ1n) is 10.3. The van der Waals surface area contributed by atoms with Crippen molar-refractivity contribution in [1.29, 1.82) is 0 Å². The average molecular weight is 645 g/mol. The second-order valence-electron chi connectivity index (χ2n) is 8.08. The molecule has 11 nitrogen and oxygen atoms in total. The van der Waals surface area contributed by atoms with Gasteiger partial charge in [0.1, 0.15) is 0 Å². The Balaban J connectivity index is 0. The Bertz CT molecular complexity index is 989. The van der Waals surface area contributed by atoms with Crippen molar-refractivity contribution in [2.75, 3.05) is 72.4 Å². The molecule has 0 N–H and O–H groups in total. The van der Waals surface area contributed by atoms with Gasteiger partial charge < -0.3 is 23.8 Å². The second-order valence-corrected chi connectivity index (χ2v) is 10.8. The monoisotopic (exact) mass is 645 g/mol. The van der Waals surface area contributed by atoms with E-state index in [2.05, 4.69) is 64.9 Å². The van der Waals surface area contributed by atoms with Gasteiger partial charge in [0.25, 0.3) is 0 Å². The van der Waals surface area contributed by atoms with Crippen molar-refractivity contribution in [2.45, 2.75) is 17.6 Å². The van der Waals surface area contributed by atoms with E-state index in [0.29, 0.717) is 0 Å². The van der Waals surface area contributed by atoms with E-state index in [1.165, 1.54) is 5.69 Å². The summed E-state index contributed by atoms with van der Waals surface area (Å²) in [7, 11) is -3.61. The molecule has 0 unspecified atom stereocenters. The molecular weight excluding hydrogens is 616 g/mol. The molecule has 0 spiro atoms. The Kier molecular flexibility index (Phi) is 16.5. The number of alkyl halides is 6. The van der Waals surface area contributed by atoms with Crippen LogP contribution in [0.3, 0.4) is 0 Å². The third kappa shape index (κ3) is 16.0. The van der Waals surface area contributed by atoms with Crippen molar-refractivity contribution in [3.63, 3.8) is 0 Å². The molecule has 0 saturated carbocycles. The summed E-state index contributed by atoms with van der Waals surface area (Å²) >= 11 is 0. The predicted molar refractivity (Wildman–Crippen MR) is 120 cm³/mol. The molecule has 1 aliphatic rings. The third-order valence-corrected chi connectivity index (χ3v) is 5.86. The Hall–Kier alpha value is -1.25. The van der Waals surface area contributed by atoms with Crippen LogP contribution in [0.15, 0.2) is 18.3 Å². The topological polar surface area (TPSA) is 140 Å². The van der Waals surface area contributed by atoms with E-state index in [1.54, 1.807) is 0 Å². The molecule has 1 saturated heterocycles. The zero-order chi connectivity index (χ0) is 29.2. The summed E-state index contributed by atoms with van der Waals surface area (Å²) in [4.78, 5) is 14.0. The van der Waals surface area contributed by atoms with E-state index >= 15 is 0 Å². The fraction of sp³-hybridized carbons (Fsp3) is 0.722. The fourth-order valence-electron chi connectivity index (χ4n) is 2.52. The number of rotatable bonds is 3. The first kappa shape index (κ1) is 38.9. The number of likely N-dealkylation sites (N-methyl/N-ethyl adjacent to an activating group) is 2. The van der Waals surface area contributed by atoms with Gasteiger partial charge in [-0.25, -0.2) is 16.8 Å².